The SMILES string of the molecule is CN=C(NCCc1ccc(OC)c(OC)c1)NCc1scnc1C. The van der Waals surface area contributed by atoms with Crippen molar-refractivity contribution in [2.24, 2.45) is 4.99 Å². The number of hydrogen-bond acceptors (Lipinski definition) is 5. The van der Waals surface area contributed by atoms with Crippen LogP contribution in [-0.4, -0.2) is 38.8 Å². The van der Waals surface area contributed by atoms with E-state index >= 15 is 0 Å². The summed E-state index contributed by atoms with van der Waals surface area (Å²) in [5.41, 5.74) is 4.10. The van der Waals surface area contributed by atoms with Crippen LogP contribution in [0, 0.1) is 6.92 Å². The number of nitrogens with one attached hydrogen (secondary N) is 2. The summed E-state index contributed by atoms with van der Waals surface area (Å²) >= 11 is 1.65. The van der Waals surface area contributed by atoms with E-state index in [0.29, 0.717) is 0 Å². The highest BCUT2D eigenvalue weighted by atomic mass is 32.1. The summed E-state index contributed by atoms with van der Waals surface area (Å²) in [6, 6.07) is 5.96. The zero-order valence-corrected chi connectivity index (χ0v) is 15.4. The van der Waals surface area contributed by atoms with Crippen LogP contribution >= 0.6 is 11.3 Å². The largest absolute Gasteiger partial charge is 0.493 e. The van der Waals surface area contributed by atoms with E-state index in [1.54, 1.807) is 32.6 Å². The number of nitrogens with zero attached hydrogens (tertiary/aromatic N) is 2. The molecule has 2 aromatic rings. The molecule has 2 N–H and O–H groups in total. The minimum Gasteiger partial charge on any atom is -0.493 e. The van der Waals surface area contributed by atoms with Crippen LogP contribution in [0.25, 0.3) is 0 Å². The summed E-state index contributed by atoms with van der Waals surface area (Å²) in [4.78, 5) is 9.71. The molecule has 0 bridgehead atoms. The van der Waals surface area contributed by atoms with Crippen LogP contribution in [0.5, 0.6) is 11.5 Å². The maximum absolute atomic E-state index is 5.33. The molecule has 24 heavy (non-hydrogen) atoms. The van der Waals surface area contributed by atoms with Crippen LogP contribution in [0.3, 0.4) is 0 Å². The van der Waals surface area contributed by atoms with Gasteiger partial charge in [0.2, 0.25) is 0 Å². The Morgan fingerprint density at radius 1 is 1.21 bits per heavy atom. The van der Waals surface area contributed by atoms with Gasteiger partial charge in [-0.3, -0.25) is 4.99 Å². The van der Waals surface area contributed by atoms with Crippen molar-refractivity contribution in [2.75, 3.05) is 27.8 Å². The number of aryl methyl sites for hydroxylation is 1. The second kappa shape index (κ2) is 9.12. The number of ether oxygens (including phenoxy) is 2. The first-order valence-electron chi connectivity index (χ1n) is 7.72. The van der Waals surface area contributed by atoms with Crippen LogP contribution in [-0.2, 0) is 13.0 Å². The number of rotatable bonds is 7. The van der Waals surface area contributed by atoms with E-state index in [0.717, 1.165) is 42.7 Å². The first-order chi connectivity index (χ1) is 11.7. The molecular weight excluding hydrogens is 324 g/mol. The molecule has 1 aromatic carbocycles. The predicted octanol–water partition coefficient (Wildman–Crippen LogP) is 2.38. The Balaban J connectivity index is 1.82. The smallest absolute Gasteiger partial charge is 0.191 e. The molecule has 0 unspecified atom stereocenters. The third-order valence-corrected chi connectivity index (χ3v) is 4.57. The Kier molecular flexibility index (Phi) is 6.87. The molecule has 0 fully saturated rings. The molecule has 0 aliphatic carbocycles. The van der Waals surface area contributed by atoms with E-state index in [4.69, 9.17) is 9.47 Å². The maximum atomic E-state index is 5.33. The lowest BCUT2D eigenvalue weighted by atomic mass is 10.1. The van der Waals surface area contributed by atoms with Crippen molar-refractivity contribution in [3.8, 4) is 11.5 Å². The molecule has 1 heterocycles. The highest BCUT2D eigenvalue weighted by molar-refractivity contribution is 7.09. The second-order valence-electron chi connectivity index (χ2n) is 5.15. The van der Waals surface area contributed by atoms with E-state index < -0.39 is 0 Å². The highest BCUT2D eigenvalue weighted by Gasteiger charge is 2.06. The molecule has 0 saturated carbocycles. The van der Waals surface area contributed by atoms with Gasteiger partial charge in [-0.15, -0.1) is 11.3 Å². The Morgan fingerprint density at radius 2 is 2.00 bits per heavy atom. The Hall–Kier alpha value is -2.28. The third-order valence-electron chi connectivity index (χ3n) is 3.64. The Labute approximate surface area is 146 Å². The van der Waals surface area contributed by atoms with Gasteiger partial charge in [-0.1, -0.05) is 6.07 Å². The van der Waals surface area contributed by atoms with Gasteiger partial charge in [0.25, 0.3) is 0 Å². The van der Waals surface area contributed by atoms with Crippen molar-refractivity contribution >= 4 is 17.3 Å². The van der Waals surface area contributed by atoms with Gasteiger partial charge in [0.15, 0.2) is 17.5 Å². The quantitative estimate of drug-likeness (QED) is 0.594. The lowest BCUT2D eigenvalue weighted by Crippen LogP contribution is -2.37. The van der Waals surface area contributed by atoms with Gasteiger partial charge in [0.05, 0.1) is 32.0 Å². The topological polar surface area (TPSA) is 67.8 Å². The van der Waals surface area contributed by atoms with Gasteiger partial charge in [-0.2, -0.15) is 0 Å². The summed E-state index contributed by atoms with van der Waals surface area (Å²) in [5.74, 6) is 2.27. The summed E-state index contributed by atoms with van der Waals surface area (Å²) in [6.45, 7) is 3.52. The van der Waals surface area contributed by atoms with Gasteiger partial charge in [-0.25, -0.2) is 4.98 Å². The lowest BCUT2D eigenvalue weighted by molar-refractivity contribution is 0.354. The van der Waals surface area contributed by atoms with Crippen LogP contribution in [0.2, 0.25) is 0 Å². The highest BCUT2D eigenvalue weighted by Crippen LogP contribution is 2.27. The average Bonchev–Trinajstić information content (AvgIpc) is 3.02. The van der Waals surface area contributed by atoms with Crippen LogP contribution < -0.4 is 20.1 Å². The third kappa shape index (κ3) is 4.86. The van der Waals surface area contributed by atoms with Crippen LogP contribution in [0.1, 0.15) is 16.1 Å². The molecule has 0 atom stereocenters. The molecule has 0 radical (unpaired) electrons. The zero-order chi connectivity index (χ0) is 17.4. The van der Waals surface area contributed by atoms with E-state index in [-0.39, 0.29) is 0 Å². The molecule has 1 aromatic heterocycles. The van der Waals surface area contributed by atoms with Gasteiger partial charge in [0.1, 0.15) is 0 Å². The van der Waals surface area contributed by atoms with E-state index in [9.17, 15) is 0 Å². The van der Waals surface area contributed by atoms with Crippen LogP contribution in [0.4, 0.5) is 0 Å². The summed E-state index contributed by atoms with van der Waals surface area (Å²) in [7, 11) is 5.05. The van der Waals surface area contributed by atoms with Gasteiger partial charge in [0, 0.05) is 18.5 Å². The minimum atomic E-state index is 0.729. The standard InChI is InChI=1S/C17H24N4O2S/c1-12-16(24-11-21-12)10-20-17(18-2)19-8-7-13-5-6-14(22-3)15(9-13)23-4/h5-6,9,11H,7-8,10H2,1-4H3,(H2,18,19,20). The molecular formula is C17H24N4O2S. The fraction of sp³-hybridized carbons (Fsp3) is 0.412. The van der Waals surface area contributed by atoms with Crippen molar-refractivity contribution in [1.82, 2.24) is 15.6 Å². The molecule has 7 heteroatoms. The fourth-order valence-electron chi connectivity index (χ4n) is 2.24. The zero-order valence-electron chi connectivity index (χ0n) is 14.5. The number of aromatic nitrogens is 1. The number of hydrogen-bond donors (Lipinski definition) is 2. The molecule has 0 spiro atoms. The lowest BCUT2D eigenvalue weighted by Gasteiger charge is -2.12. The van der Waals surface area contributed by atoms with Crippen molar-refractivity contribution in [3.05, 3.63) is 39.8 Å². The number of benzene rings is 1. The average molecular weight is 348 g/mol. The van der Waals surface area contributed by atoms with Gasteiger partial charge in [-0.05, 0) is 31.0 Å². The normalized spacial score (nSPS) is 11.2. The molecule has 0 aliphatic rings. The first kappa shape index (κ1) is 18.1. The van der Waals surface area contributed by atoms with Gasteiger partial charge < -0.3 is 20.1 Å². The molecule has 0 saturated heterocycles. The number of methoxy groups -OCH3 is 2. The number of guanidine groups is 1. The fourth-order valence-corrected chi connectivity index (χ4v) is 2.96. The van der Waals surface area contributed by atoms with Crippen molar-refractivity contribution < 1.29 is 9.47 Å². The molecule has 2 rings (SSSR count). The Morgan fingerprint density at radius 3 is 2.62 bits per heavy atom. The van der Waals surface area contributed by atoms with E-state index in [1.807, 2.05) is 30.6 Å². The van der Waals surface area contributed by atoms with E-state index in [2.05, 4.69) is 20.6 Å². The van der Waals surface area contributed by atoms with Crippen molar-refractivity contribution in [2.45, 2.75) is 19.9 Å². The van der Waals surface area contributed by atoms with Gasteiger partial charge >= 0.3 is 0 Å². The predicted molar refractivity (Wildman–Crippen MR) is 98.3 cm³/mol. The van der Waals surface area contributed by atoms with Crippen molar-refractivity contribution in [3.63, 3.8) is 0 Å². The minimum absolute atomic E-state index is 0.729. The monoisotopic (exact) mass is 348 g/mol. The number of aliphatic imine (C=N–C) groups is 1. The molecule has 0 amide bonds. The Bertz CT molecular complexity index is 685. The van der Waals surface area contributed by atoms with Crippen molar-refractivity contribution in [1.29, 1.82) is 0 Å². The summed E-state index contributed by atoms with van der Waals surface area (Å²) in [6.07, 6.45) is 0.862. The maximum Gasteiger partial charge on any atom is 0.191 e. The molecule has 130 valence electrons. The second-order valence-corrected chi connectivity index (χ2v) is 6.09. The summed E-state index contributed by atoms with van der Waals surface area (Å²) in [5, 5.41) is 6.62. The first-order valence-corrected chi connectivity index (χ1v) is 8.60. The van der Waals surface area contributed by atoms with Crippen LogP contribution in [0.15, 0.2) is 28.7 Å². The number of thiazole rings is 1. The van der Waals surface area contributed by atoms with E-state index in [1.165, 1.54) is 10.4 Å². The molecule has 6 nitrogen and oxygen atoms in total. The summed E-state index contributed by atoms with van der Waals surface area (Å²) < 4.78 is 10.6. The molecule has 0 aliphatic heterocycles.